The average Bonchev–Trinajstić information content (AvgIpc) is 2.88. The minimum Gasteiger partial charge on any atom is -0.381 e. The van der Waals surface area contributed by atoms with Gasteiger partial charge in [0.2, 0.25) is 5.91 Å². The molecule has 1 spiro atoms. The molecule has 0 aromatic rings. The molecule has 1 atom stereocenters. The van der Waals surface area contributed by atoms with Crippen molar-refractivity contribution in [3.05, 3.63) is 0 Å². The molecule has 90 valence electrons. The standard InChI is InChI=1S/C13H21NO2/c15-12-9-11(10-3-1-2-4-10)13(14-12)5-7-16-8-6-13/h10-11H,1-9H2,(H,14,15). The Bertz CT molecular complexity index is 278. The predicted octanol–water partition coefficient (Wildman–Crippen LogP) is 1.86. The molecule has 3 nitrogen and oxygen atoms in total. The Hall–Kier alpha value is -0.570. The van der Waals surface area contributed by atoms with Gasteiger partial charge in [-0.05, 0) is 24.7 Å². The normalized spacial score (nSPS) is 34.5. The second-order valence-electron chi connectivity index (χ2n) is 5.67. The summed E-state index contributed by atoms with van der Waals surface area (Å²) in [7, 11) is 0. The van der Waals surface area contributed by atoms with E-state index >= 15 is 0 Å². The molecule has 0 aromatic heterocycles. The fourth-order valence-corrected chi connectivity index (χ4v) is 4.03. The summed E-state index contributed by atoms with van der Waals surface area (Å²) in [6.45, 7) is 1.65. The van der Waals surface area contributed by atoms with Crippen LogP contribution in [0.4, 0.5) is 0 Å². The first-order chi connectivity index (χ1) is 7.80. The van der Waals surface area contributed by atoms with Crippen LogP contribution in [-0.2, 0) is 9.53 Å². The van der Waals surface area contributed by atoms with Crippen LogP contribution in [0.3, 0.4) is 0 Å². The molecule has 3 aliphatic rings. The van der Waals surface area contributed by atoms with Gasteiger partial charge in [0.15, 0.2) is 0 Å². The van der Waals surface area contributed by atoms with Gasteiger partial charge in [0.1, 0.15) is 0 Å². The molecule has 3 heteroatoms. The van der Waals surface area contributed by atoms with Crippen LogP contribution in [0.15, 0.2) is 0 Å². The van der Waals surface area contributed by atoms with Gasteiger partial charge < -0.3 is 10.1 Å². The third kappa shape index (κ3) is 1.65. The first-order valence-corrected chi connectivity index (χ1v) is 6.69. The largest absolute Gasteiger partial charge is 0.381 e. The lowest BCUT2D eigenvalue weighted by Gasteiger charge is -2.40. The zero-order valence-electron chi connectivity index (χ0n) is 9.84. The van der Waals surface area contributed by atoms with Crippen LogP contribution < -0.4 is 5.32 Å². The molecule has 3 rings (SSSR count). The Morgan fingerprint density at radius 3 is 2.56 bits per heavy atom. The SMILES string of the molecule is O=C1CC(C2CCCC2)C2(CCOCC2)N1. The van der Waals surface area contributed by atoms with Gasteiger partial charge in [-0.15, -0.1) is 0 Å². The lowest BCUT2D eigenvalue weighted by Crippen LogP contribution is -2.51. The average molecular weight is 223 g/mol. The molecule has 0 bridgehead atoms. The minimum atomic E-state index is 0.102. The van der Waals surface area contributed by atoms with Gasteiger partial charge in [-0.1, -0.05) is 25.7 Å². The number of hydrogen-bond acceptors (Lipinski definition) is 2. The van der Waals surface area contributed by atoms with E-state index in [1.165, 1.54) is 25.7 Å². The van der Waals surface area contributed by atoms with Crippen LogP contribution in [0.2, 0.25) is 0 Å². The molecule has 16 heavy (non-hydrogen) atoms. The highest BCUT2D eigenvalue weighted by Gasteiger charge is 2.50. The molecule has 2 saturated heterocycles. The molecule has 1 unspecified atom stereocenters. The molecule has 3 fully saturated rings. The quantitative estimate of drug-likeness (QED) is 0.737. The molecule has 1 aliphatic carbocycles. The lowest BCUT2D eigenvalue weighted by molar-refractivity contribution is -0.120. The number of nitrogens with one attached hydrogen (secondary N) is 1. The van der Waals surface area contributed by atoms with Gasteiger partial charge in [-0.3, -0.25) is 4.79 Å². The van der Waals surface area contributed by atoms with Gasteiger partial charge in [0.05, 0.1) is 0 Å². The van der Waals surface area contributed by atoms with Crippen molar-refractivity contribution in [2.75, 3.05) is 13.2 Å². The fraction of sp³-hybridized carbons (Fsp3) is 0.923. The summed E-state index contributed by atoms with van der Waals surface area (Å²) in [4.78, 5) is 11.7. The maximum atomic E-state index is 11.7. The number of amides is 1. The Balaban J connectivity index is 1.80. The summed E-state index contributed by atoms with van der Waals surface area (Å²) in [6, 6.07) is 0. The highest BCUT2D eigenvalue weighted by Crippen LogP contribution is 2.45. The second-order valence-corrected chi connectivity index (χ2v) is 5.67. The number of carbonyl (C=O) groups excluding carboxylic acids is 1. The van der Waals surface area contributed by atoms with Crippen molar-refractivity contribution < 1.29 is 9.53 Å². The molecule has 2 aliphatic heterocycles. The van der Waals surface area contributed by atoms with Crippen LogP contribution in [0.5, 0.6) is 0 Å². The Kier molecular flexibility index (Phi) is 2.66. The summed E-state index contributed by atoms with van der Waals surface area (Å²) in [6.07, 6.45) is 8.22. The van der Waals surface area contributed by atoms with E-state index in [1.54, 1.807) is 0 Å². The minimum absolute atomic E-state index is 0.102. The van der Waals surface area contributed by atoms with E-state index in [2.05, 4.69) is 5.32 Å². The van der Waals surface area contributed by atoms with E-state index in [-0.39, 0.29) is 11.4 Å². The first kappa shape index (κ1) is 10.6. The molecule has 0 aromatic carbocycles. The smallest absolute Gasteiger partial charge is 0.220 e. The van der Waals surface area contributed by atoms with E-state index in [9.17, 15) is 4.79 Å². The first-order valence-electron chi connectivity index (χ1n) is 6.69. The van der Waals surface area contributed by atoms with Gasteiger partial charge in [0.25, 0.3) is 0 Å². The lowest BCUT2D eigenvalue weighted by atomic mass is 9.72. The van der Waals surface area contributed by atoms with Gasteiger partial charge in [-0.2, -0.15) is 0 Å². The highest BCUT2D eigenvalue weighted by atomic mass is 16.5. The van der Waals surface area contributed by atoms with Crippen LogP contribution in [0, 0.1) is 11.8 Å². The van der Waals surface area contributed by atoms with Gasteiger partial charge in [-0.25, -0.2) is 0 Å². The van der Waals surface area contributed by atoms with Crippen molar-refractivity contribution in [1.29, 1.82) is 0 Å². The van der Waals surface area contributed by atoms with Crippen molar-refractivity contribution in [3.63, 3.8) is 0 Å². The third-order valence-corrected chi connectivity index (χ3v) is 4.86. The van der Waals surface area contributed by atoms with E-state index in [1.807, 2.05) is 0 Å². The van der Waals surface area contributed by atoms with E-state index < -0.39 is 0 Å². The Morgan fingerprint density at radius 2 is 1.88 bits per heavy atom. The van der Waals surface area contributed by atoms with Crippen molar-refractivity contribution in [2.45, 2.75) is 50.5 Å². The number of ether oxygens (including phenoxy) is 1. The number of carbonyl (C=O) groups is 1. The zero-order valence-corrected chi connectivity index (χ0v) is 9.84. The van der Waals surface area contributed by atoms with Gasteiger partial charge >= 0.3 is 0 Å². The van der Waals surface area contributed by atoms with E-state index in [4.69, 9.17) is 4.74 Å². The highest BCUT2D eigenvalue weighted by molar-refractivity contribution is 5.80. The van der Waals surface area contributed by atoms with Crippen molar-refractivity contribution in [1.82, 2.24) is 5.32 Å². The molecule has 1 N–H and O–H groups in total. The monoisotopic (exact) mass is 223 g/mol. The molecule has 0 radical (unpaired) electrons. The summed E-state index contributed by atoms with van der Waals surface area (Å²) in [5, 5.41) is 3.28. The topological polar surface area (TPSA) is 38.3 Å². The third-order valence-electron chi connectivity index (χ3n) is 4.86. The fourth-order valence-electron chi connectivity index (χ4n) is 4.03. The van der Waals surface area contributed by atoms with Crippen molar-refractivity contribution in [2.24, 2.45) is 11.8 Å². The number of hydrogen-bond donors (Lipinski definition) is 1. The maximum Gasteiger partial charge on any atom is 0.220 e. The molecule has 1 amide bonds. The molecular weight excluding hydrogens is 202 g/mol. The van der Waals surface area contributed by atoms with E-state index in [0.717, 1.165) is 38.4 Å². The molecule has 2 heterocycles. The summed E-state index contributed by atoms with van der Waals surface area (Å²) >= 11 is 0. The van der Waals surface area contributed by atoms with Crippen LogP contribution in [0.25, 0.3) is 0 Å². The molecule has 1 saturated carbocycles. The summed E-state index contributed by atoms with van der Waals surface area (Å²) in [5.74, 6) is 1.65. The number of rotatable bonds is 1. The Labute approximate surface area is 96.9 Å². The summed E-state index contributed by atoms with van der Waals surface area (Å²) < 4.78 is 5.45. The van der Waals surface area contributed by atoms with Crippen LogP contribution >= 0.6 is 0 Å². The van der Waals surface area contributed by atoms with Crippen molar-refractivity contribution >= 4 is 5.91 Å². The summed E-state index contributed by atoms with van der Waals surface area (Å²) in [5.41, 5.74) is 0.102. The van der Waals surface area contributed by atoms with Gasteiger partial charge in [0, 0.05) is 25.2 Å². The van der Waals surface area contributed by atoms with Crippen LogP contribution in [0.1, 0.15) is 44.9 Å². The Morgan fingerprint density at radius 1 is 1.19 bits per heavy atom. The van der Waals surface area contributed by atoms with E-state index in [0.29, 0.717) is 5.92 Å². The van der Waals surface area contributed by atoms with Crippen molar-refractivity contribution in [3.8, 4) is 0 Å². The molecular formula is C13H21NO2. The maximum absolute atomic E-state index is 11.7. The van der Waals surface area contributed by atoms with Crippen LogP contribution in [-0.4, -0.2) is 24.7 Å². The zero-order chi connectivity index (χ0) is 11.0. The second kappa shape index (κ2) is 4.02. The predicted molar refractivity (Wildman–Crippen MR) is 61.0 cm³/mol.